The molecular formula is C16H20N2O2. The molecule has 4 nitrogen and oxygen atoms in total. The van der Waals surface area contributed by atoms with Crippen molar-refractivity contribution in [1.82, 2.24) is 4.98 Å². The van der Waals surface area contributed by atoms with Crippen LogP contribution in [0.5, 0.6) is 5.75 Å². The number of nitrogens with zero attached hydrogens (tertiary/aromatic N) is 2. The number of pyridine rings is 1. The molecule has 0 aliphatic carbocycles. The molecule has 0 fully saturated rings. The Hall–Kier alpha value is -2.07. The fourth-order valence-corrected chi connectivity index (χ4v) is 2.11. The molecule has 1 aromatic heterocycles. The van der Waals surface area contributed by atoms with Gasteiger partial charge in [0, 0.05) is 12.7 Å². The predicted molar refractivity (Wildman–Crippen MR) is 80.6 cm³/mol. The molecule has 0 bridgehead atoms. The van der Waals surface area contributed by atoms with E-state index in [4.69, 9.17) is 4.74 Å². The highest BCUT2D eigenvalue weighted by Crippen LogP contribution is 2.31. The molecule has 1 aromatic carbocycles. The minimum atomic E-state index is 0.0162. The van der Waals surface area contributed by atoms with Crippen LogP contribution < -0.4 is 9.64 Å². The number of aromatic nitrogens is 1. The van der Waals surface area contributed by atoms with E-state index in [0.717, 1.165) is 34.9 Å². The summed E-state index contributed by atoms with van der Waals surface area (Å²) in [7, 11) is 3.60. The lowest BCUT2D eigenvalue weighted by Crippen LogP contribution is -2.13. The van der Waals surface area contributed by atoms with Crippen molar-refractivity contribution in [2.75, 3.05) is 19.1 Å². The first-order valence-electron chi connectivity index (χ1n) is 6.67. The highest BCUT2D eigenvalue weighted by atomic mass is 16.5. The lowest BCUT2D eigenvalue weighted by atomic mass is 10.2. The molecule has 0 unspecified atom stereocenters. The Morgan fingerprint density at radius 1 is 1.25 bits per heavy atom. The number of hydrogen-bond acceptors (Lipinski definition) is 4. The van der Waals surface area contributed by atoms with E-state index < -0.39 is 0 Å². The van der Waals surface area contributed by atoms with Crippen LogP contribution in [0.2, 0.25) is 0 Å². The van der Waals surface area contributed by atoms with Crippen molar-refractivity contribution in [2.24, 2.45) is 0 Å². The summed E-state index contributed by atoms with van der Waals surface area (Å²) >= 11 is 0. The molecule has 2 aromatic rings. The van der Waals surface area contributed by atoms with E-state index in [-0.39, 0.29) is 6.61 Å². The molecule has 4 heteroatoms. The summed E-state index contributed by atoms with van der Waals surface area (Å²) in [5.74, 6) is 1.60. The van der Waals surface area contributed by atoms with Crippen LogP contribution in [0.3, 0.4) is 0 Å². The normalized spacial score (nSPS) is 10.4. The number of rotatable bonds is 5. The van der Waals surface area contributed by atoms with Gasteiger partial charge in [0.25, 0.3) is 0 Å². The summed E-state index contributed by atoms with van der Waals surface area (Å²) in [5.41, 5.74) is 2.78. The molecule has 106 valence electrons. The highest BCUT2D eigenvalue weighted by Gasteiger charge is 2.12. The first-order valence-corrected chi connectivity index (χ1v) is 6.67. The molecular weight excluding hydrogens is 252 g/mol. The predicted octanol–water partition coefficient (Wildman–Crippen LogP) is 2.91. The summed E-state index contributed by atoms with van der Waals surface area (Å²) in [5, 5.41) is 9.36. The van der Waals surface area contributed by atoms with Gasteiger partial charge in [-0.1, -0.05) is 19.1 Å². The van der Waals surface area contributed by atoms with Crippen LogP contribution in [-0.4, -0.2) is 24.2 Å². The van der Waals surface area contributed by atoms with Crippen molar-refractivity contribution >= 4 is 11.5 Å². The Bertz CT molecular complexity index is 562. The third-order valence-electron chi connectivity index (χ3n) is 3.26. The fourth-order valence-electron chi connectivity index (χ4n) is 2.11. The second kappa shape index (κ2) is 6.39. The summed E-state index contributed by atoms with van der Waals surface area (Å²) in [4.78, 5) is 6.58. The number of para-hydroxylation sites is 2. The number of aliphatic hydroxyl groups is 1. The van der Waals surface area contributed by atoms with Crippen LogP contribution in [-0.2, 0) is 13.0 Å². The number of ether oxygens (including phenoxy) is 1. The van der Waals surface area contributed by atoms with E-state index in [1.807, 2.05) is 48.3 Å². The average Bonchev–Trinajstić information content (AvgIpc) is 2.53. The zero-order valence-corrected chi connectivity index (χ0v) is 12.1. The summed E-state index contributed by atoms with van der Waals surface area (Å²) < 4.78 is 5.38. The van der Waals surface area contributed by atoms with Gasteiger partial charge in [-0.15, -0.1) is 0 Å². The molecule has 0 saturated carbocycles. The second-order valence-corrected chi connectivity index (χ2v) is 4.57. The molecule has 0 aliphatic rings. The quantitative estimate of drug-likeness (QED) is 0.909. The van der Waals surface area contributed by atoms with Crippen molar-refractivity contribution in [1.29, 1.82) is 0 Å². The molecule has 0 aliphatic heterocycles. The number of methoxy groups -OCH3 is 1. The van der Waals surface area contributed by atoms with Gasteiger partial charge in [0.1, 0.15) is 11.6 Å². The van der Waals surface area contributed by atoms with E-state index in [2.05, 4.69) is 11.9 Å². The Morgan fingerprint density at radius 3 is 2.65 bits per heavy atom. The third kappa shape index (κ3) is 2.91. The lowest BCUT2D eigenvalue weighted by Gasteiger charge is -2.22. The zero-order valence-electron chi connectivity index (χ0n) is 12.1. The van der Waals surface area contributed by atoms with Gasteiger partial charge in [-0.3, -0.25) is 0 Å². The fraction of sp³-hybridized carbons (Fsp3) is 0.312. The maximum absolute atomic E-state index is 9.36. The molecule has 0 spiro atoms. The number of hydrogen-bond donors (Lipinski definition) is 1. The van der Waals surface area contributed by atoms with Crippen LogP contribution in [0.1, 0.15) is 18.2 Å². The summed E-state index contributed by atoms with van der Waals surface area (Å²) in [6.07, 6.45) is 0.834. The van der Waals surface area contributed by atoms with Crippen LogP contribution in [0.25, 0.3) is 0 Å². The first-order chi connectivity index (χ1) is 9.69. The molecule has 0 radical (unpaired) electrons. The van der Waals surface area contributed by atoms with E-state index in [9.17, 15) is 5.11 Å². The molecule has 20 heavy (non-hydrogen) atoms. The molecule has 0 atom stereocenters. The minimum absolute atomic E-state index is 0.0162. The highest BCUT2D eigenvalue weighted by molar-refractivity contribution is 5.66. The molecule has 0 saturated heterocycles. The number of benzene rings is 1. The van der Waals surface area contributed by atoms with Gasteiger partial charge >= 0.3 is 0 Å². The van der Waals surface area contributed by atoms with Crippen molar-refractivity contribution in [3.63, 3.8) is 0 Å². The topological polar surface area (TPSA) is 45.6 Å². The average molecular weight is 272 g/mol. The SMILES string of the molecule is CCc1cc(CO)cc(N(C)c2ccccc2OC)n1. The van der Waals surface area contributed by atoms with Crippen LogP contribution in [0.15, 0.2) is 36.4 Å². The van der Waals surface area contributed by atoms with Gasteiger partial charge in [-0.05, 0) is 36.2 Å². The van der Waals surface area contributed by atoms with Crippen LogP contribution >= 0.6 is 0 Å². The molecule has 0 amide bonds. The number of aliphatic hydroxyl groups excluding tert-OH is 1. The summed E-state index contributed by atoms with van der Waals surface area (Å²) in [6, 6.07) is 11.6. The van der Waals surface area contributed by atoms with Gasteiger partial charge < -0.3 is 14.7 Å². The van der Waals surface area contributed by atoms with Crippen molar-refractivity contribution < 1.29 is 9.84 Å². The van der Waals surface area contributed by atoms with E-state index in [1.165, 1.54) is 0 Å². The monoisotopic (exact) mass is 272 g/mol. The Kier molecular flexibility index (Phi) is 4.58. The maximum atomic E-state index is 9.36. The zero-order chi connectivity index (χ0) is 14.5. The first kappa shape index (κ1) is 14.3. The largest absolute Gasteiger partial charge is 0.495 e. The van der Waals surface area contributed by atoms with Crippen LogP contribution in [0.4, 0.5) is 11.5 Å². The smallest absolute Gasteiger partial charge is 0.142 e. The van der Waals surface area contributed by atoms with Gasteiger partial charge in [0.15, 0.2) is 0 Å². The van der Waals surface area contributed by atoms with Crippen LogP contribution in [0, 0.1) is 0 Å². The van der Waals surface area contributed by atoms with Gasteiger partial charge in [0.2, 0.25) is 0 Å². The standard InChI is InChI=1S/C16H20N2O2/c1-4-13-9-12(11-19)10-16(17-13)18(2)14-7-5-6-8-15(14)20-3/h5-10,19H,4,11H2,1-3H3. The lowest BCUT2D eigenvalue weighted by molar-refractivity contribution is 0.281. The summed E-state index contributed by atoms with van der Waals surface area (Å²) in [6.45, 7) is 2.07. The van der Waals surface area contributed by atoms with Gasteiger partial charge in [-0.2, -0.15) is 0 Å². The van der Waals surface area contributed by atoms with E-state index in [0.29, 0.717) is 0 Å². The Labute approximate surface area is 119 Å². The van der Waals surface area contributed by atoms with Crippen molar-refractivity contribution in [3.8, 4) is 5.75 Å². The number of aryl methyl sites for hydroxylation is 1. The van der Waals surface area contributed by atoms with E-state index >= 15 is 0 Å². The molecule has 1 N–H and O–H groups in total. The second-order valence-electron chi connectivity index (χ2n) is 4.57. The maximum Gasteiger partial charge on any atom is 0.142 e. The number of anilines is 2. The van der Waals surface area contributed by atoms with Crippen molar-refractivity contribution in [2.45, 2.75) is 20.0 Å². The van der Waals surface area contributed by atoms with Gasteiger partial charge in [0.05, 0.1) is 19.4 Å². The third-order valence-corrected chi connectivity index (χ3v) is 3.26. The van der Waals surface area contributed by atoms with Gasteiger partial charge in [-0.25, -0.2) is 4.98 Å². The molecule has 1 heterocycles. The Morgan fingerprint density at radius 2 is 2.00 bits per heavy atom. The van der Waals surface area contributed by atoms with E-state index in [1.54, 1.807) is 7.11 Å². The van der Waals surface area contributed by atoms with Crippen molar-refractivity contribution in [3.05, 3.63) is 47.7 Å². The Balaban J connectivity index is 2.44. The molecule has 2 rings (SSSR count). The minimum Gasteiger partial charge on any atom is -0.495 e.